The highest BCUT2D eigenvalue weighted by Crippen LogP contribution is 2.31. The minimum atomic E-state index is -0.455. The van der Waals surface area contributed by atoms with Crippen LogP contribution in [-0.4, -0.2) is 14.7 Å². The topological polar surface area (TPSA) is 87.0 Å². The summed E-state index contributed by atoms with van der Waals surface area (Å²) in [5, 5.41) is 15.4. The number of aryl methyl sites for hydroxylation is 1. The van der Waals surface area contributed by atoms with Gasteiger partial charge in [-0.15, -0.1) is 0 Å². The number of nitrogens with two attached hydrogens (primary N) is 1. The molecule has 0 aliphatic carbocycles. The zero-order chi connectivity index (χ0) is 14.9. The second-order valence-corrected chi connectivity index (χ2v) is 5.17. The van der Waals surface area contributed by atoms with Gasteiger partial charge in [0.2, 0.25) is 5.82 Å². The third-order valence-corrected chi connectivity index (χ3v) is 3.17. The first-order valence-corrected chi connectivity index (χ1v) is 6.46. The maximum atomic E-state index is 11.1. The molecule has 2 rings (SSSR count). The van der Waals surface area contributed by atoms with Crippen LogP contribution in [0.15, 0.2) is 24.3 Å². The molecule has 0 unspecified atom stereocenters. The van der Waals surface area contributed by atoms with Gasteiger partial charge in [-0.05, 0) is 12.5 Å². The highest BCUT2D eigenvalue weighted by molar-refractivity contribution is 5.57. The van der Waals surface area contributed by atoms with Crippen LogP contribution in [0, 0.1) is 17.0 Å². The highest BCUT2D eigenvalue weighted by Gasteiger charge is 2.27. The normalized spacial score (nSPS) is 11.0. The van der Waals surface area contributed by atoms with Crippen LogP contribution >= 0.6 is 0 Å². The molecule has 6 heteroatoms. The van der Waals surface area contributed by atoms with E-state index in [2.05, 4.69) is 5.10 Å². The van der Waals surface area contributed by atoms with Crippen molar-refractivity contribution in [1.82, 2.24) is 9.78 Å². The van der Waals surface area contributed by atoms with E-state index < -0.39 is 4.92 Å². The molecule has 20 heavy (non-hydrogen) atoms. The van der Waals surface area contributed by atoms with Crippen LogP contribution in [0.25, 0.3) is 0 Å². The highest BCUT2D eigenvalue weighted by atomic mass is 16.6. The Bertz CT molecular complexity index is 629. The van der Waals surface area contributed by atoms with E-state index in [1.165, 1.54) is 4.68 Å². The molecular formula is C14H18N4O2. The van der Waals surface area contributed by atoms with Crippen LogP contribution in [0.4, 0.5) is 11.5 Å². The van der Waals surface area contributed by atoms with Crippen molar-refractivity contribution < 1.29 is 4.92 Å². The Balaban J connectivity index is 2.40. The molecule has 2 aromatic rings. The Morgan fingerprint density at radius 2 is 1.95 bits per heavy atom. The average Bonchev–Trinajstić information content (AvgIpc) is 2.70. The van der Waals surface area contributed by atoms with Crippen molar-refractivity contribution in [3.8, 4) is 0 Å². The molecule has 0 fully saturated rings. The van der Waals surface area contributed by atoms with Crippen molar-refractivity contribution >= 4 is 11.5 Å². The van der Waals surface area contributed by atoms with Crippen LogP contribution < -0.4 is 5.73 Å². The monoisotopic (exact) mass is 274 g/mol. The molecule has 0 aliphatic rings. The fourth-order valence-electron chi connectivity index (χ4n) is 2.05. The molecule has 1 aromatic heterocycles. The molecule has 0 radical (unpaired) electrons. The summed E-state index contributed by atoms with van der Waals surface area (Å²) < 4.78 is 1.50. The van der Waals surface area contributed by atoms with Gasteiger partial charge in [0.1, 0.15) is 5.69 Å². The van der Waals surface area contributed by atoms with Gasteiger partial charge in [0.15, 0.2) is 0 Å². The summed E-state index contributed by atoms with van der Waals surface area (Å²) in [5.41, 5.74) is 8.41. The van der Waals surface area contributed by atoms with E-state index in [0.29, 0.717) is 12.2 Å². The zero-order valence-corrected chi connectivity index (χ0v) is 11.8. The molecule has 0 spiro atoms. The maximum Gasteiger partial charge on any atom is 0.334 e. The summed E-state index contributed by atoms with van der Waals surface area (Å²) >= 11 is 0. The Kier molecular flexibility index (Phi) is 3.74. The number of aromatic nitrogens is 2. The van der Waals surface area contributed by atoms with Crippen molar-refractivity contribution in [2.75, 3.05) is 5.73 Å². The molecule has 0 bridgehead atoms. The third kappa shape index (κ3) is 2.64. The molecule has 106 valence electrons. The number of hydrogen-bond donors (Lipinski definition) is 1. The van der Waals surface area contributed by atoms with Gasteiger partial charge in [0.25, 0.3) is 0 Å². The second kappa shape index (κ2) is 5.32. The number of rotatable bonds is 4. The Morgan fingerprint density at radius 3 is 2.40 bits per heavy atom. The molecule has 0 amide bonds. The van der Waals surface area contributed by atoms with Crippen molar-refractivity contribution in [3.05, 3.63) is 51.2 Å². The number of anilines is 1. The maximum absolute atomic E-state index is 11.1. The number of nitrogens with zero attached hydrogens (tertiary/aromatic N) is 3. The molecule has 0 atom stereocenters. The van der Waals surface area contributed by atoms with Crippen molar-refractivity contribution in [2.45, 2.75) is 33.2 Å². The summed E-state index contributed by atoms with van der Waals surface area (Å²) in [7, 11) is 0. The van der Waals surface area contributed by atoms with Crippen LogP contribution in [0.3, 0.4) is 0 Å². The third-order valence-electron chi connectivity index (χ3n) is 3.17. The van der Waals surface area contributed by atoms with Gasteiger partial charge >= 0.3 is 5.69 Å². The van der Waals surface area contributed by atoms with E-state index in [-0.39, 0.29) is 17.4 Å². The Morgan fingerprint density at radius 1 is 1.35 bits per heavy atom. The van der Waals surface area contributed by atoms with E-state index >= 15 is 0 Å². The van der Waals surface area contributed by atoms with Gasteiger partial charge in [0.05, 0.1) is 11.5 Å². The quantitative estimate of drug-likeness (QED) is 0.686. The van der Waals surface area contributed by atoms with Gasteiger partial charge in [-0.25, -0.2) is 4.68 Å². The minimum Gasteiger partial charge on any atom is -0.378 e. The lowest BCUT2D eigenvalue weighted by molar-refractivity contribution is -0.384. The zero-order valence-electron chi connectivity index (χ0n) is 11.8. The largest absolute Gasteiger partial charge is 0.378 e. The predicted octanol–water partition coefficient (Wildman–Crippen LogP) is 2.85. The molecule has 0 aliphatic heterocycles. The van der Waals surface area contributed by atoms with Crippen molar-refractivity contribution in [1.29, 1.82) is 0 Å². The first-order chi connectivity index (χ1) is 9.40. The van der Waals surface area contributed by atoms with Gasteiger partial charge in [-0.3, -0.25) is 10.1 Å². The second-order valence-electron chi connectivity index (χ2n) is 5.17. The molecule has 1 heterocycles. The van der Waals surface area contributed by atoms with Gasteiger partial charge in [-0.1, -0.05) is 43.7 Å². The standard InChI is InChI=1S/C14H18N4O2/c1-9(2)12-13(18(19)20)14(15)17(16-12)8-11-6-4-10(3)5-7-11/h4-7,9H,8,15H2,1-3H3. The number of nitrogen functional groups attached to an aromatic ring is 1. The van der Waals surface area contributed by atoms with Crippen LogP contribution in [0.1, 0.15) is 36.6 Å². The van der Waals surface area contributed by atoms with Crippen LogP contribution in [-0.2, 0) is 6.54 Å². The number of nitro groups is 1. The summed E-state index contributed by atoms with van der Waals surface area (Å²) in [4.78, 5) is 10.7. The lowest BCUT2D eigenvalue weighted by atomic mass is 10.1. The summed E-state index contributed by atoms with van der Waals surface area (Å²) in [6, 6.07) is 7.92. The van der Waals surface area contributed by atoms with E-state index in [1.54, 1.807) is 0 Å². The lowest BCUT2D eigenvalue weighted by Crippen LogP contribution is -2.06. The SMILES string of the molecule is Cc1ccc(Cn2nc(C(C)C)c([N+](=O)[O-])c2N)cc1. The van der Waals surface area contributed by atoms with E-state index in [0.717, 1.165) is 11.1 Å². The summed E-state index contributed by atoms with van der Waals surface area (Å²) in [6.07, 6.45) is 0. The molecule has 6 nitrogen and oxygen atoms in total. The summed E-state index contributed by atoms with van der Waals surface area (Å²) in [5.74, 6) is 0.0660. The van der Waals surface area contributed by atoms with E-state index in [4.69, 9.17) is 5.73 Å². The van der Waals surface area contributed by atoms with Gasteiger partial charge in [-0.2, -0.15) is 5.10 Å². The van der Waals surface area contributed by atoms with Crippen molar-refractivity contribution in [3.63, 3.8) is 0 Å². The Hall–Kier alpha value is -2.37. The Labute approximate surface area is 117 Å². The number of hydrogen-bond acceptors (Lipinski definition) is 4. The number of benzene rings is 1. The lowest BCUT2D eigenvalue weighted by Gasteiger charge is -2.04. The minimum absolute atomic E-state index is 0.0445. The molecule has 0 saturated heterocycles. The molecule has 0 saturated carbocycles. The fourth-order valence-corrected chi connectivity index (χ4v) is 2.05. The van der Waals surface area contributed by atoms with Gasteiger partial charge in [0, 0.05) is 5.92 Å². The van der Waals surface area contributed by atoms with Crippen molar-refractivity contribution in [2.24, 2.45) is 0 Å². The van der Waals surface area contributed by atoms with Crippen LogP contribution in [0.5, 0.6) is 0 Å². The predicted molar refractivity (Wildman–Crippen MR) is 77.7 cm³/mol. The van der Waals surface area contributed by atoms with E-state index in [1.807, 2.05) is 45.0 Å². The fraction of sp³-hybridized carbons (Fsp3) is 0.357. The molecule has 2 N–H and O–H groups in total. The molecular weight excluding hydrogens is 256 g/mol. The summed E-state index contributed by atoms with van der Waals surface area (Å²) in [6.45, 7) is 6.17. The average molecular weight is 274 g/mol. The van der Waals surface area contributed by atoms with Gasteiger partial charge < -0.3 is 5.73 Å². The smallest absolute Gasteiger partial charge is 0.334 e. The molecule has 1 aromatic carbocycles. The first kappa shape index (κ1) is 14.0. The van der Waals surface area contributed by atoms with Crippen LogP contribution in [0.2, 0.25) is 0 Å². The first-order valence-electron chi connectivity index (χ1n) is 6.46. The van der Waals surface area contributed by atoms with E-state index in [9.17, 15) is 10.1 Å².